The number of nitrogen functional groups attached to an aromatic ring is 1. The summed E-state index contributed by atoms with van der Waals surface area (Å²) in [6, 6.07) is 11.2. The van der Waals surface area contributed by atoms with Crippen LogP contribution in [0.4, 0.5) is 17.1 Å². The zero-order valence-corrected chi connectivity index (χ0v) is 27.5. The Morgan fingerprint density at radius 1 is 0.825 bits per heavy atom. The number of nitrogens with one attached hydrogen (secondary N) is 2. The SMILES string of the molecule is Cc1ccc(C(=O)Nc2ccc3c(S(=O)(=O)[O-])cccc3c2S(=O)(=O)[O-])cc1NC(=O)c1cc(N)cn1C.[Na+].[Na+]. The average molecular weight is 603 g/mol. The van der Waals surface area contributed by atoms with Crippen LogP contribution in [0.2, 0.25) is 0 Å². The zero-order valence-electron chi connectivity index (χ0n) is 21.9. The standard InChI is InChI=1S/C24H22N4O8S2.2Na/c1-13-6-7-14(10-19(13)27-24(30)20-11-15(25)12-28(20)2)23(29)26-18-9-8-16-17(22(18)38(34,35)36)4-3-5-21(16)37(31,32)33;;/h3-12H,25H2,1-2H3,(H,26,29)(H,27,30)(H,31,32,33)(H,34,35,36);;/q;2*+1/p-2. The molecule has 1 heterocycles. The Labute approximate surface area is 274 Å². The van der Waals surface area contributed by atoms with Crippen molar-refractivity contribution in [2.75, 3.05) is 16.4 Å². The van der Waals surface area contributed by atoms with Gasteiger partial charge in [0.15, 0.2) is 0 Å². The number of carbonyl (C=O) groups excluding carboxylic acids is 2. The maximum atomic E-state index is 13.0. The Balaban J connectivity index is 0.00000280. The molecule has 0 radical (unpaired) electrons. The minimum Gasteiger partial charge on any atom is -0.744 e. The van der Waals surface area contributed by atoms with Crippen molar-refractivity contribution in [3.05, 3.63) is 77.6 Å². The summed E-state index contributed by atoms with van der Waals surface area (Å²) in [5.41, 5.74) is 6.91. The van der Waals surface area contributed by atoms with Crippen molar-refractivity contribution < 1.29 is 94.6 Å². The van der Waals surface area contributed by atoms with Crippen LogP contribution in [0.1, 0.15) is 26.4 Å². The van der Waals surface area contributed by atoms with Gasteiger partial charge in [0, 0.05) is 35.3 Å². The Hall–Kier alpha value is -2.24. The summed E-state index contributed by atoms with van der Waals surface area (Å²) < 4.78 is 72.8. The molecule has 40 heavy (non-hydrogen) atoms. The quantitative estimate of drug-likeness (QED) is 0.147. The third kappa shape index (κ3) is 7.15. The minimum atomic E-state index is -5.24. The fourth-order valence-corrected chi connectivity index (χ4v) is 5.51. The normalized spacial score (nSPS) is 11.3. The number of hydrogen-bond donors (Lipinski definition) is 3. The van der Waals surface area contributed by atoms with Gasteiger partial charge in [-0.25, -0.2) is 16.8 Å². The van der Waals surface area contributed by atoms with E-state index < -0.39 is 47.5 Å². The van der Waals surface area contributed by atoms with Gasteiger partial charge < -0.3 is 30.0 Å². The van der Waals surface area contributed by atoms with Gasteiger partial charge in [-0.3, -0.25) is 9.59 Å². The van der Waals surface area contributed by atoms with E-state index in [9.17, 15) is 35.5 Å². The molecule has 0 aliphatic heterocycles. The van der Waals surface area contributed by atoms with Gasteiger partial charge in [0.25, 0.3) is 11.8 Å². The van der Waals surface area contributed by atoms with Crippen LogP contribution >= 0.6 is 0 Å². The molecule has 0 fully saturated rings. The van der Waals surface area contributed by atoms with Crippen LogP contribution in [0.5, 0.6) is 0 Å². The molecule has 0 bridgehead atoms. The predicted molar refractivity (Wildman–Crippen MR) is 137 cm³/mol. The van der Waals surface area contributed by atoms with Gasteiger partial charge in [0.1, 0.15) is 25.9 Å². The number of carbonyl (C=O) groups is 2. The molecule has 4 N–H and O–H groups in total. The molecule has 1 aromatic heterocycles. The molecule has 12 nitrogen and oxygen atoms in total. The number of anilines is 3. The fourth-order valence-electron chi connectivity index (χ4n) is 3.98. The molecule has 198 valence electrons. The first-order valence-corrected chi connectivity index (χ1v) is 13.6. The monoisotopic (exact) mass is 602 g/mol. The number of amides is 2. The van der Waals surface area contributed by atoms with E-state index in [1.165, 1.54) is 22.8 Å². The molecule has 0 spiro atoms. The van der Waals surface area contributed by atoms with E-state index in [1.54, 1.807) is 26.2 Å². The van der Waals surface area contributed by atoms with Crippen molar-refractivity contribution in [1.29, 1.82) is 0 Å². The molecule has 4 aromatic rings. The summed E-state index contributed by atoms with van der Waals surface area (Å²) in [6.45, 7) is 1.70. The van der Waals surface area contributed by atoms with Gasteiger partial charge in [0.2, 0.25) is 0 Å². The predicted octanol–water partition coefficient (Wildman–Crippen LogP) is -3.61. The number of aromatic nitrogens is 1. The van der Waals surface area contributed by atoms with Crippen LogP contribution < -0.4 is 75.5 Å². The van der Waals surface area contributed by atoms with Crippen LogP contribution in [-0.2, 0) is 27.3 Å². The average Bonchev–Trinajstić information content (AvgIpc) is 3.16. The molecule has 0 aliphatic carbocycles. The molecular weight excluding hydrogens is 582 g/mol. The van der Waals surface area contributed by atoms with E-state index in [-0.39, 0.29) is 81.1 Å². The van der Waals surface area contributed by atoms with Crippen molar-refractivity contribution in [1.82, 2.24) is 4.57 Å². The number of nitrogens with zero attached hydrogens (tertiary/aromatic N) is 1. The fraction of sp³-hybridized carbons (Fsp3) is 0.0833. The van der Waals surface area contributed by atoms with Crippen LogP contribution in [0.25, 0.3) is 10.8 Å². The Morgan fingerprint density at radius 2 is 1.48 bits per heavy atom. The van der Waals surface area contributed by atoms with Crippen molar-refractivity contribution in [3.63, 3.8) is 0 Å². The van der Waals surface area contributed by atoms with E-state index in [4.69, 9.17) is 5.73 Å². The van der Waals surface area contributed by atoms with Crippen molar-refractivity contribution in [3.8, 4) is 0 Å². The van der Waals surface area contributed by atoms with Crippen LogP contribution in [0.3, 0.4) is 0 Å². The van der Waals surface area contributed by atoms with Crippen molar-refractivity contribution in [2.24, 2.45) is 7.05 Å². The molecular formula is C24H20N4Na2O8S2. The number of fused-ring (bicyclic) bond motifs is 1. The van der Waals surface area contributed by atoms with Crippen molar-refractivity contribution in [2.45, 2.75) is 16.7 Å². The third-order valence-electron chi connectivity index (χ3n) is 5.75. The maximum Gasteiger partial charge on any atom is 1.00 e. The van der Waals surface area contributed by atoms with Gasteiger partial charge in [-0.05, 0) is 42.8 Å². The molecule has 0 saturated carbocycles. The van der Waals surface area contributed by atoms with Crippen LogP contribution in [-0.4, -0.2) is 42.3 Å². The number of nitrogens with two attached hydrogens (primary N) is 1. The molecule has 3 aromatic carbocycles. The van der Waals surface area contributed by atoms with Gasteiger partial charge >= 0.3 is 59.1 Å². The van der Waals surface area contributed by atoms with Crippen LogP contribution in [0, 0.1) is 6.92 Å². The smallest absolute Gasteiger partial charge is 0.744 e. The largest absolute Gasteiger partial charge is 1.00 e. The van der Waals surface area contributed by atoms with Gasteiger partial charge in [-0.15, -0.1) is 0 Å². The molecule has 0 atom stereocenters. The second-order valence-electron chi connectivity index (χ2n) is 8.41. The molecule has 0 saturated heterocycles. The number of aryl methyl sites for hydroxylation is 2. The van der Waals surface area contributed by atoms with E-state index in [0.717, 1.165) is 30.3 Å². The first-order valence-electron chi connectivity index (χ1n) is 10.8. The second-order valence-corrected chi connectivity index (χ2v) is 11.1. The number of hydrogen-bond acceptors (Lipinski definition) is 9. The number of benzene rings is 3. The second kappa shape index (κ2) is 12.7. The maximum absolute atomic E-state index is 13.0. The molecule has 16 heteroatoms. The summed E-state index contributed by atoms with van der Waals surface area (Å²) >= 11 is 0. The summed E-state index contributed by atoms with van der Waals surface area (Å²) in [7, 11) is -8.59. The van der Waals surface area contributed by atoms with Gasteiger partial charge in [-0.2, -0.15) is 0 Å². The minimum absolute atomic E-state index is 0. The summed E-state index contributed by atoms with van der Waals surface area (Å²) in [5, 5.41) is 4.42. The van der Waals surface area contributed by atoms with E-state index in [2.05, 4.69) is 10.6 Å². The molecule has 4 rings (SSSR count). The Bertz CT molecular complexity index is 1860. The first kappa shape index (κ1) is 34.0. The Kier molecular flexibility index (Phi) is 10.8. The molecule has 2 amide bonds. The first-order chi connectivity index (χ1) is 17.7. The van der Waals surface area contributed by atoms with E-state index >= 15 is 0 Å². The molecule has 0 unspecified atom stereocenters. The summed E-state index contributed by atoms with van der Waals surface area (Å²) in [5.74, 6) is -1.30. The molecule has 0 aliphatic rings. The van der Waals surface area contributed by atoms with Gasteiger partial charge in [-0.1, -0.05) is 24.3 Å². The van der Waals surface area contributed by atoms with Gasteiger partial charge in [0.05, 0.1) is 21.2 Å². The number of rotatable bonds is 6. The third-order valence-corrected chi connectivity index (χ3v) is 7.58. The van der Waals surface area contributed by atoms with E-state index in [1.807, 2.05) is 0 Å². The summed E-state index contributed by atoms with van der Waals surface area (Å²) in [6.07, 6.45) is 1.56. The van der Waals surface area contributed by atoms with E-state index in [0.29, 0.717) is 16.9 Å². The zero-order chi connectivity index (χ0) is 28.0. The summed E-state index contributed by atoms with van der Waals surface area (Å²) in [4.78, 5) is 24.1. The Morgan fingerprint density at radius 3 is 2.05 bits per heavy atom. The van der Waals surface area contributed by atoms with Crippen molar-refractivity contribution >= 4 is 59.9 Å². The van der Waals surface area contributed by atoms with Crippen LogP contribution in [0.15, 0.2) is 70.6 Å². The topological polar surface area (TPSA) is 204 Å².